The van der Waals surface area contributed by atoms with E-state index in [1.54, 1.807) is 24.5 Å². The Morgan fingerprint density at radius 2 is 1.58 bits per heavy atom. The molecule has 0 aliphatic carbocycles. The number of thiophene rings is 1. The van der Waals surface area contributed by atoms with Gasteiger partial charge < -0.3 is 4.74 Å². The van der Waals surface area contributed by atoms with Gasteiger partial charge in [-0.05, 0) is 59.0 Å². The molecule has 1 aliphatic heterocycles. The van der Waals surface area contributed by atoms with Crippen LogP contribution in [0.1, 0.15) is 27.0 Å². The summed E-state index contributed by atoms with van der Waals surface area (Å²) in [7, 11) is 1.60. The fourth-order valence-corrected chi connectivity index (χ4v) is 5.30. The van der Waals surface area contributed by atoms with Gasteiger partial charge in [0.25, 0.3) is 11.8 Å². The predicted octanol–water partition coefficient (Wildman–Crippen LogP) is 6.33. The number of carbonyl (C=O) groups excluding carboxylic acids is 2. The number of benzene rings is 3. The molecule has 38 heavy (non-hydrogen) atoms. The van der Waals surface area contributed by atoms with Gasteiger partial charge in [-0.3, -0.25) is 14.5 Å². The predicted molar refractivity (Wildman–Crippen MR) is 149 cm³/mol. The second-order valence-corrected chi connectivity index (χ2v) is 9.79. The molecule has 6 nitrogen and oxygen atoms in total. The van der Waals surface area contributed by atoms with Gasteiger partial charge in [-0.2, -0.15) is 5.10 Å². The smallest absolute Gasteiger partial charge is 0.261 e. The Morgan fingerprint density at radius 1 is 0.842 bits per heavy atom. The molecule has 0 N–H and O–H groups in total. The van der Waals surface area contributed by atoms with Crippen molar-refractivity contribution in [1.82, 2.24) is 14.7 Å². The van der Waals surface area contributed by atoms with Gasteiger partial charge in [0.1, 0.15) is 11.4 Å². The SMILES string of the molecule is COc1ccc(CN2C(=O)/C(=C/c3cn(-c4ccccc4)nc3-c3cccs3)c3ccccc3C2=O)cc1. The third-order valence-electron chi connectivity index (χ3n) is 6.49. The first-order valence-electron chi connectivity index (χ1n) is 12.1. The molecule has 3 aromatic carbocycles. The van der Waals surface area contributed by atoms with E-state index in [1.165, 1.54) is 4.90 Å². The molecule has 3 heterocycles. The number of para-hydroxylation sites is 1. The zero-order chi connectivity index (χ0) is 26.1. The molecule has 7 heteroatoms. The van der Waals surface area contributed by atoms with Crippen LogP contribution in [-0.2, 0) is 11.3 Å². The Bertz CT molecular complexity index is 1650. The Labute approximate surface area is 224 Å². The van der Waals surface area contributed by atoms with E-state index in [4.69, 9.17) is 9.84 Å². The highest BCUT2D eigenvalue weighted by molar-refractivity contribution is 7.13. The van der Waals surface area contributed by atoms with Gasteiger partial charge in [-0.25, -0.2) is 4.68 Å². The van der Waals surface area contributed by atoms with Crippen LogP contribution >= 0.6 is 11.3 Å². The summed E-state index contributed by atoms with van der Waals surface area (Å²) < 4.78 is 7.06. The van der Waals surface area contributed by atoms with Crippen molar-refractivity contribution in [1.29, 1.82) is 0 Å². The number of fused-ring (bicyclic) bond motifs is 1. The first kappa shape index (κ1) is 23.6. The van der Waals surface area contributed by atoms with Crippen molar-refractivity contribution in [3.8, 4) is 22.0 Å². The zero-order valence-corrected chi connectivity index (χ0v) is 21.4. The Hall–Kier alpha value is -4.75. The summed E-state index contributed by atoms with van der Waals surface area (Å²) in [5.41, 5.74) is 4.91. The minimum absolute atomic E-state index is 0.161. The molecule has 1 aliphatic rings. The molecule has 0 atom stereocenters. The standard InChI is InChI=1S/C31H23N3O3S/c1-37-24-15-13-21(14-16-24)19-33-30(35)26-11-6-5-10-25(26)27(31(33)36)18-22-20-34(23-8-3-2-4-9-23)32-29(22)28-12-7-17-38-28/h2-18,20H,19H2,1H3/b27-18+. The van der Waals surface area contributed by atoms with Gasteiger partial charge >= 0.3 is 0 Å². The molecule has 5 aromatic rings. The highest BCUT2D eigenvalue weighted by Gasteiger charge is 2.35. The van der Waals surface area contributed by atoms with E-state index in [0.29, 0.717) is 22.4 Å². The molecule has 2 amide bonds. The molecule has 6 rings (SSSR count). The maximum atomic E-state index is 13.9. The molecule has 0 unspecified atom stereocenters. The summed E-state index contributed by atoms with van der Waals surface area (Å²) in [6.45, 7) is 0.161. The third-order valence-corrected chi connectivity index (χ3v) is 7.36. The Balaban J connectivity index is 1.46. The fourth-order valence-electron chi connectivity index (χ4n) is 4.57. The van der Waals surface area contributed by atoms with E-state index in [1.807, 2.05) is 107 Å². The number of aromatic nitrogens is 2. The molecule has 0 fully saturated rings. The number of hydrogen-bond acceptors (Lipinski definition) is 5. The molecule has 0 spiro atoms. The first-order valence-corrected chi connectivity index (χ1v) is 13.0. The summed E-state index contributed by atoms with van der Waals surface area (Å²) in [5, 5.41) is 6.87. The summed E-state index contributed by atoms with van der Waals surface area (Å²) >= 11 is 1.59. The van der Waals surface area contributed by atoms with E-state index in [-0.39, 0.29) is 18.4 Å². The van der Waals surface area contributed by atoms with Gasteiger partial charge in [-0.1, -0.05) is 54.6 Å². The van der Waals surface area contributed by atoms with Crippen molar-refractivity contribution in [2.45, 2.75) is 6.54 Å². The minimum atomic E-state index is -0.339. The zero-order valence-electron chi connectivity index (χ0n) is 20.6. The highest BCUT2D eigenvalue weighted by Crippen LogP contribution is 2.35. The number of ether oxygens (including phenoxy) is 1. The van der Waals surface area contributed by atoms with Crippen LogP contribution in [0.25, 0.3) is 27.9 Å². The van der Waals surface area contributed by atoms with E-state index in [0.717, 1.165) is 27.4 Å². The van der Waals surface area contributed by atoms with E-state index in [9.17, 15) is 9.59 Å². The van der Waals surface area contributed by atoms with Gasteiger partial charge in [0.2, 0.25) is 0 Å². The average molecular weight is 518 g/mol. The molecule has 0 bridgehead atoms. The lowest BCUT2D eigenvalue weighted by molar-refractivity contribution is -0.123. The van der Waals surface area contributed by atoms with Crippen molar-refractivity contribution in [2.24, 2.45) is 0 Å². The highest BCUT2D eigenvalue weighted by atomic mass is 32.1. The van der Waals surface area contributed by atoms with Crippen LogP contribution in [0, 0.1) is 0 Å². The summed E-state index contributed by atoms with van der Waals surface area (Å²) in [6.07, 6.45) is 3.79. The minimum Gasteiger partial charge on any atom is -0.497 e. The quantitative estimate of drug-likeness (QED) is 0.195. The van der Waals surface area contributed by atoms with Gasteiger partial charge in [-0.15, -0.1) is 11.3 Å². The first-order chi connectivity index (χ1) is 18.6. The number of amides is 2. The average Bonchev–Trinajstić information content (AvgIpc) is 3.64. The Kier molecular flexibility index (Phi) is 6.19. The van der Waals surface area contributed by atoms with Crippen LogP contribution in [0.5, 0.6) is 5.75 Å². The summed E-state index contributed by atoms with van der Waals surface area (Å²) in [6, 6.07) is 28.5. The molecule has 186 valence electrons. The van der Waals surface area contributed by atoms with Gasteiger partial charge in [0.15, 0.2) is 0 Å². The second-order valence-electron chi connectivity index (χ2n) is 8.84. The molecule has 0 saturated heterocycles. The van der Waals surface area contributed by atoms with Crippen LogP contribution in [0.15, 0.2) is 103 Å². The van der Waals surface area contributed by atoms with Crippen molar-refractivity contribution in [3.05, 3.63) is 125 Å². The molecular formula is C31H23N3O3S. The van der Waals surface area contributed by atoms with E-state index >= 15 is 0 Å². The van der Waals surface area contributed by atoms with Gasteiger partial charge in [0, 0.05) is 22.9 Å². The molecule has 0 radical (unpaired) electrons. The van der Waals surface area contributed by atoms with E-state index in [2.05, 4.69) is 0 Å². The van der Waals surface area contributed by atoms with Gasteiger partial charge in [0.05, 0.1) is 24.2 Å². The topological polar surface area (TPSA) is 64.4 Å². The lowest BCUT2D eigenvalue weighted by Crippen LogP contribution is -2.41. The van der Waals surface area contributed by atoms with Crippen LogP contribution < -0.4 is 4.74 Å². The van der Waals surface area contributed by atoms with Crippen molar-refractivity contribution < 1.29 is 14.3 Å². The lowest BCUT2D eigenvalue weighted by Gasteiger charge is -2.28. The van der Waals surface area contributed by atoms with Crippen molar-refractivity contribution >= 4 is 34.8 Å². The van der Waals surface area contributed by atoms with Crippen LogP contribution in [0.2, 0.25) is 0 Å². The second kappa shape index (κ2) is 9.95. The lowest BCUT2D eigenvalue weighted by atomic mass is 9.91. The molecule has 0 saturated carbocycles. The van der Waals surface area contributed by atoms with E-state index < -0.39 is 0 Å². The maximum absolute atomic E-state index is 13.9. The summed E-state index contributed by atoms with van der Waals surface area (Å²) in [5.74, 6) is 0.0682. The monoisotopic (exact) mass is 517 g/mol. The number of carbonyl (C=O) groups is 2. The van der Waals surface area contributed by atoms with Crippen molar-refractivity contribution in [2.75, 3.05) is 7.11 Å². The maximum Gasteiger partial charge on any atom is 0.261 e. The fraction of sp³-hybridized carbons (Fsp3) is 0.0645. The number of hydrogen-bond donors (Lipinski definition) is 0. The third kappa shape index (κ3) is 4.33. The summed E-state index contributed by atoms with van der Waals surface area (Å²) in [4.78, 5) is 29.6. The molecule has 2 aromatic heterocycles. The number of rotatable bonds is 6. The van der Waals surface area contributed by atoms with Crippen molar-refractivity contribution in [3.63, 3.8) is 0 Å². The number of nitrogens with zero attached hydrogens (tertiary/aromatic N) is 3. The van der Waals surface area contributed by atoms with Crippen LogP contribution in [-0.4, -0.2) is 33.6 Å². The normalized spacial score (nSPS) is 14.1. The van der Waals surface area contributed by atoms with Crippen LogP contribution in [0.3, 0.4) is 0 Å². The number of imide groups is 1. The molecular weight excluding hydrogens is 494 g/mol. The largest absolute Gasteiger partial charge is 0.497 e. The van der Waals surface area contributed by atoms with Crippen LogP contribution in [0.4, 0.5) is 0 Å². The number of methoxy groups -OCH3 is 1. The Morgan fingerprint density at radius 3 is 2.29 bits per heavy atom.